The van der Waals surface area contributed by atoms with E-state index in [0.717, 1.165) is 30.3 Å². The summed E-state index contributed by atoms with van der Waals surface area (Å²) in [5.41, 5.74) is 1.17. The number of halogens is 1. The molecular weight excluding hydrogens is 308 g/mol. The molecule has 0 aliphatic heterocycles. The monoisotopic (exact) mass is 328 g/mol. The molecule has 0 saturated carbocycles. The SMILES string of the molecule is CCOC(=O)CCCCCOCc1cccc(Br)c1. The summed E-state index contributed by atoms with van der Waals surface area (Å²) >= 11 is 3.43. The van der Waals surface area contributed by atoms with Gasteiger partial charge in [0.2, 0.25) is 0 Å². The maximum atomic E-state index is 11.1. The van der Waals surface area contributed by atoms with Crippen molar-refractivity contribution in [2.45, 2.75) is 39.2 Å². The molecule has 1 rings (SSSR count). The molecule has 0 heterocycles. The first kappa shape index (κ1) is 16.2. The number of rotatable bonds is 9. The van der Waals surface area contributed by atoms with E-state index in [9.17, 15) is 4.79 Å². The summed E-state index contributed by atoms with van der Waals surface area (Å²) in [5.74, 6) is -0.0995. The maximum absolute atomic E-state index is 11.1. The van der Waals surface area contributed by atoms with Crippen LogP contribution in [0.2, 0.25) is 0 Å². The molecule has 4 heteroatoms. The third-order valence-corrected chi connectivity index (χ3v) is 3.13. The summed E-state index contributed by atoms with van der Waals surface area (Å²) in [7, 11) is 0. The Kier molecular flexibility index (Phi) is 8.50. The number of benzene rings is 1. The van der Waals surface area contributed by atoms with Crippen LogP contribution in [0.3, 0.4) is 0 Å². The average molecular weight is 329 g/mol. The van der Waals surface area contributed by atoms with Gasteiger partial charge in [0.25, 0.3) is 0 Å². The molecule has 19 heavy (non-hydrogen) atoms. The summed E-state index contributed by atoms with van der Waals surface area (Å²) in [6, 6.07) is 8.10. The second-order valence-electron chi connectivity index (χ2n) is 4.30. The van der Waals surface area contributed by atoms with Crippen LogP contribution >= 0.6 is 15.9 Å². The Bertz CT molecular complexity index is 379. The van der Waals surface area contributed by atoms with E-state index >= 15 is 0 Å². The Labute approximate surface area is 123 Å². The van der Waals surface area contributed by atoms with Gasteiger partial charge in [-0.1, -0.05) is 34.5 Å². The van der Waals surface area contributed by atoms with E-state index < -0.39 is 0 Å². The van der Waals surface area contributed by atoms with Crippen LogP contribution in [0.4, 0.5) is 0 Å². The summed E-state index contributed by atoms with van der Waals surface area (Å²) in [5, 5.41) is 0. The summed E-state index contributed by atoms with van der Waals surface area (Å²) in [6.07, 6.45) is 3.36. The van der Waals surface area contributed by atoms with E-state index in [1.807, 2.05) is 25.1 Å². The predicted molar refractivity (Wildman–Crippen MR) is 78.9 cm³/mol. The van der Waals surface area contributed by atoms with Crippen LogP contribution in [0, 0.1) is 0 Å². The number of ether oxygens (including phenoxy) is 2. The molecule has 0 atom stereocenters. The number of carbonyl (C=O) groups is 1. The lowest BCUT2D eigenvalue weighted by atomic mass is 10.2. The van der Waals surface area contributed by atoms with Gasteiger partial charge >= 0.3 is 5.97 Å². The highest BCUT2D eigenvalue weighted by atomic mass is 79.9. The van der Waals surface area contributed by atoms with Crippen LogP contribution in [0.25, 0.3) is 0 Å². The quantitative estimate of drug-likeness (QED) is 0.506. The van der Waals surface area contributed by atoms with Crippen molar-refractivity contribution in [2.75, 3.05) is 13.2 Å². The number of esters is 1. The van der Waals surface area contributed by atoms with Crippen LogP contribution in [0.1, 0.15) is 38.2 Å². The fourth-order valence-electron chi connectivity index (χ4n) is 1.70. The molecule has 0 saturated heterocycles. The van der Waals surface area contributed by atoms with Gasteiger partial charge in [-0.3, -0.25) is 4.79 Å². The molecule has 1 aromatic rings. The Morgan fingerprint density at radius 2 is 2.11 bits per heavy atom. The minimum absolute atomic E-state index is 0.0995. The molecule has 0 fully saturated rings. The standard InChI is InChI=1S/C15H21BrO3/c1-2-19-15(17)9-4-3-5-10-18-12-13-7-6-8-14(16)11-13/h6-8,11H,2-5,9-10,12H2,1H3. The van der Waals surface area contributed by atoms with Gasteiger partial charge in [-0.05, 0) is 37.5 Å². The third-order valence-electron chi connectivity index (χ3n) is 2.63. The summed E-state index contributed by atoms with van der Waals surface area (Å²) in [6.45, 7) is 3.66. The first-order chi connectivity index (χ1) is 9.22. The molecule has 0 N–H and O–H groups in total. The predicted octanol–water partition coefficient (Wildman–Crippen LogP) is 4.09. The van der Waals surface area contributed by atoms with Gasteiger partial charge < -0.3 is 9.47 Å². The van der Waals surface area contributed by atoms with E-state index in [2.05, 4.69) is 22.0 Å². The van der Waals surface area contributed by atoms with Crippen molar-refractivity contribution in [2.24, 2.45) is 0 Å². The Morgan fingerprint density at radius 1 is 1.26 bits per heavy atom. The fraction of sp³-hybridized carbons (Fsp3) is 0.533. The minimum Gasteiger partial charge on any atom is -0.466 e. The van der Waals surface area contributed by atoms with Crippen molar-refractivity contribution in [3.63, 3.8) is 0 Å². The van der Waals surface area contributed by atoms with Gasteiger partial charge in [0.1, 0.15) is 0 Å². The van der Waals surface area contributed by atoms with Gasteiger partial charge in [0.15, 0.2) is 0 Å². The zero-order valence-corrected chi connectivity index (χ0v) is 12.9. The van der Waals surface area contributed by atoms with Crippen molar-refractivity contribution < 1.29 is 14.3 Å². The number of hydrogen-bond donors (Lipinski definition) is 0. The highest BCUT2D eigenvalue weighted by molar-refractivity contribution is 9.10. The van der Waals surface area contributed by atoms with Crippen LogP contribution < -0.4 is 0 Å². The largest absolute Gasteiger partial charge is 0.466 e. The van der Waals surface area contributed by atoms with Crippen LogP contribution in [0.15, 0.2) is 28.7 Å². The lowest BCUT2D eigenvalue weighted by Crippen LogP contribution is -2.03. The first-order valence-electron chi connectivity index (χ1n) is 6.70. The van der Waals surface area contributed by atoms with E-state index in [-0.39, 0.29) is 5.97 Å². The average Bonchev–Trinajstić information content (AvgIpc) is 2.38. The zero-order valence-electron chi connectivity index (χ0n) is 11.4. The molecule has 0 spiro atoms. The highest BCUT2D eigenvalue weighted by Crippen LogP contribution is 2.12. The minimum atomic E-state index is -0.0995. The molecule has 1 aromatic carbocycles. The molecule has 0 radical (unpaired) electrons. The smallest absolute Gasteiger partial charge is 0.305 e. The molecule has 0 aliphatic carbocycles. The lowest BCUT2D eigenvalue weighted by Gasteiger charge is -2.05. The second kappa shape index (κ2) is 9.98. The van der Waals surface area contributed by atoms with Gasteiger partial charge in [-0.15, -0.1) is 0 Å². The number of carbonyl (C=O) groups excluding carboxylic acids is 1. The van der Waals surface area contributed by atoms with Gasteiger partial charge in [0, 0.05) is 17.5 Å². The fourth-order valence-corrected chi connectivity index (χ4v) is 2.15. The van der Waals surface area contributed by atoms with Gasteiger partial charge in [-0.25, -0.2) is 0 Å². The van der Waals surface area contributed by atoms with Crippen molar-refractivity contribution in [3.8, 4) is 0 Å². The van der Waals surface area contributed by atoms with Crippen LogP contribution in [-0.4, -0.2) is 19.2 Å². The Morgan fingerprint density at radius 3 is 2.84 bits per heavy atom. The normalized spacial score (nSPS) is 10.4. The molecule has 106 valence electrons. The van der Waals surface area contributed by atoms with Crippen molar-refractivity contribution in [3.05, 3.63) is 34.3 Å². The topological polar surface area (TPSA) is 35.5 Å². The molecule has 0 aliphatic rings. The first-order valence-corrected chi connectivity index (χ1v) is 7.49. The molecule has 0 unspecified atom stereocenters. The molecule has 0 amide bonds. The highest BCUT2D eigenvalue weighted by Gasteiger charge is 2.00. The van der Waals surface area contributed by atoms with Crippen molar-refractivity contribution in [1.82, 2.24) is 0 Å². The molecule has 3 nitrogen and oxygen atoms in total. The summed E-state index contributed by atoms with van der Waals surface area (Å²) in [4.78, 5) is 11.1. The molecule has 0 bridgehead atoms. The number of unbranched alkanes of at least 4 members (excludes halogenated alkanes) is 2. The third kappa shape index (κ3) is 8.01. The van der Waals surface area contributed by atoms with Gasteiger partial charge in [-0.2, -0.15) is 0 Å². The van der Waals surface area contributed by atoms with Crippen LogP contribution in [0.5, 0.6) is 0 Å². The van der Waals surface area contributed by atoms with E-state index in [1.54, 1.807) is 0 Å². The summed E-state index contributed by atoms with van der Waals surface area (Å²) < 4.78 is 11.5. The van der Waals surface area contributed by atoms with Crippen molar-refractivity contribution >= 4 is 21.9 Å². The lowest BCUT2D eigenvalue weighted by molar-refractivity contribution is -0.143. The molecule has 0 aromatic heterocycles. The molecular formula is C15H21BrO3. The van der Waals surface area contributed by atoms with E-state index in [4.69, 9.17) is 9.47 Å². The Balaban J connectivity index is 1.98. The number of hydrogen-bond acceptors (Lipinski definition) is 3. The van der Waals surface area contributed by atoms with Crippen LogP contribution in [-0.2, 0) is 20.9 Å². The zero-order chi connectivity index (χ0) is 13.9. The van der Waals surface area contributed by atoms with Gasteiger partial charge in [0.05, 0.1) is 13.2 Å². The van der Waals surface area contributed by atoms with Crippen molar-refractivity contribution in [1.29, 1.82) is 0 Å². The Hall–Kier alpha value is -0.870. The second-order valence-corrected chi connectivity index (χ2v) is 5.21. The van der Waals surface area contributed by atoms with E-state index in [0.29, 0.717) is 19.6 Å². The maximum Gasteiger partial charge on any atom is 0.305 e. The van der Waals surface area contributed by atoms with E-state index in [1.165, 1.54) is 5.56 Å².